The van der Waals surface area contributed by atoms with Crippen molar-refractivity contribution in [2.24, 2.45) is 0 Å². The van der Waals surface area contributed by atoms with Gasteiger partial charge in [0.15, 0.2) is 5.78 Å². The van der Waals surface area contributed by atoms with Crippen LogP contribution in [-0.2, 0) is 16.1 Å². The third kappa shape index (κ3) is 4.12. The molecule has 0 saturated carbocycles. The van der Waals surface area contributed by atoms with E-state index in [1.54, 1.807) is 6.92 Å². The van der Waals surface area contributed by atoms with E-state index in [-0.39, 0.29) is 18.3 Å². The number of esters is 1. The Labute approximate surface area is 150 Å². The van der Waals surface area contributed by atoms with Crippen LogP contribution in [0.1, 0.15) is 17.3 Å². The first-order chi connectivity index (χ1) is 12.2. The third-order valence-corrected chi connectivity index (χ3v) is 4.85. The van der Waals surface area contributed by atoms with Gasteiger partial charge in [0.1, 0.15) is 6.54 Å². The number of thioether (sulfide) groups is 1. The van der Waals surface area contributed by atoms with Gasteiger partial charge in [0.25, 0.3) is 0 Å². The Morgan fingerprint density at radius 3 is 2.52 bits per heavy atom. The Morgan fingerprint density at radius 1 is 1.04 bits per heavy atom. The first-order valence-corrected chi connectivity index (χ1v) is 9.12. The molecule has 1 aromatic heterocycles. The Morgan fingerprint density at radius 2 is 1.76 bits per heavy atom. The maximum atomic E-state index is 12.3. The number of Topliss-reactive ketones (excluding diaryl/α,β-unsaturated/α-hetero) is 1. The second-order valence-corrected chi connectivity index (χ2v) is 6.54. The van der Waals surface area contributed by atoms with Crippen LogP contribution >= 0.6 is 11.8 Å². The lowest BCUT2D eigenvalue weighted by Gasteiger charge is -2.04. The minimum Gasteiger partial charge on any atom is -0.465 e. The fourth-order valence-corrected chi connectivity index (χ4v) is 3.64. The van der Waals surface area contributed by atoms with Crippen molar-refractivity contribution in [1.29, 1.82) is 0 Å². The maximum Gasteiger partial charge on any atom is 0.325 e. The van der Waals surface area contributed by atoms with E-state index in [1.807, 2.05) is 65.4 Å². The standard InChI is InChI=1S/C20H19NO3S/c1-2-24-20(23)13-21-12-19(16-10-6-7-11-17(16)21)25-14-18(22)15-8-4-3-5-9-15/h3-12H,2,13-14H2,1H3. The largest absolute Gasteiger partial charge is 0.465 e. The number of nitrogens with zero attached hydrogens (tertiary/aromatic N) is 1. The van der Waals surface area contributed by atoms with Crippen molar-refractivity contribution in [3.05, 3.63) is 66.4 Å². The molecule has 0 atom stereocenters. The topological polar surface area (TPSA) is 48.3 Å². The Hall–Kier alpha value is -2.53. The lowest BCUT2D eigenvalue weighted by Crippen LogP contribution is -2.12. The number of carbonyl (C=O) groups excluding carboxylic acids is 2. The molecular formula is C20H19NO3S. The summed E-state index contributed by atoms with van der Waals surface area (Å²) in [5.74, 6) is 0.185. The van der Waals surface area contributed by atoms with E-state index in [0.29, 0.717) is 17.9 Å². The normalized spacial score (nSPS) is 10.8. The van der Waals surface area contributed by atoms with E-state index in [9.17, 15) is 9.59 Å². The average Bonchev–Trinajstić information content (AvgIpc) is 2.98. The number of carbonyl (C=O) groups is 2. The molecule has 2 aromatic carbocycles. The smallest absolute Gasteiger partial charge is 0.325 e. The molecule has 3 aromatic rings. The lowest BCUT2D eigenvalue weighted by molar-refractivity contribution is -0.143. The number of ether oxygens (including phenoxy) is 1. The maximum absolute atomic E-state index is 12.3. The molecule has 0 aliphatic heterocycles. The number of para-hydroxylation sites is 1. The fourth-order valence-electron chi connectivity index (χ4n) is 2.66. The van der Waals surface area contributed by atoms with Gasteiger partial charge >= 0.3 is 5.97 Å². The predicted octanol–water partition coefficient (Wildman–Crippen LogP) is 4.18. The van der Waals surface area contributed by atoms with Crippen molar-refractivity contribution >= 4 is 34.4 Å². The summed E-state index contributed by atoms with van der Waals surface area (Å²) in [6, 6.07) is 17.1. The van der Waals surface area contributed by atoms with Crippen LogP contribution in [0.5, 0.6) is 0 Å². The molecule has 1 heterocycles. The zero-order chi connectivity index (χ0) is 17.6. The van der Waals surface area contributed by atoms with Crippen molar-refractivity contribution in [3.8, 4) is 0 Å². The van der Waals surface area contributed by atoms with Gasteiger partial charge in [0.2, 0.25) is 0 Å². The highest BCUT2D eigenvalue weighted by Crippen LogP contribution is 2.30. The highest BCUT2D eigenvalue weighted by Gasteiger charge is 2.13. The predicted molar refractivity (Wildman–Crippen MR) is 100 cm³/mol. The Bertz CT molecular complexity index is 886. The van der Waals surface area contributed by atoms with Crippen molar-refractivity contribution in [2.45, 2.75) is 18.4 Å². The molecule has 0 unspecified atom stereocenters. The van der Waals surface area contributed by atoms with E-state index in [1.165, 1.54) is 11.8 Å². The summed E-state index contributed by atoms with van der Waals surface area (Å²) in [5, 5.41) is 1.04. The number of aromatic nitrogens is 1. The van der Waals surface area contributed by atoms with Crippen molar-refractivity contribution < 1.29 is 14.3 Å². The van der Waals surface area contributed by atoms with Gasteiger partial charge in [-0.3, -0.25) is 9.59 Å². The third-order valence-electron chi connectivity index (χ3n) is 3.81. The molecule has 0 bridgehead atoms. The minimum absolute atomic E-state index is 0.0906. The monoisotopic (exact) mass is 353 g/mol. The summed E-state index contributed by atoms with van der Waals surface area (Å²) >= 11 is 1.49. The van der Waals surface area contributed by atoms with Crippen molar-refractivity contribution in [3.63, 3.8) is 0 Å². The van der Waals surface area contributed by atoms with Gasteiger partial charge in [-0.25, -0.2) is 0 Å². The van der Waals surface area contributed by atoms with Crippen LogP contribution in [0.2, 0.25) is 0 Å². The van der Waals surface area contributed by atoms with Gasteiger partial charge < -0.3 is 9.30 Å². The molecule has 0 saturated heterocycles. The molecule has 0 N–H and O–H groups in total. The van der Waals surface area contributed by atoms with Gasteiger partial charge in [-0.15, -0.1) is 11.8 Å². The number of ketones is 1. The minimum atomic E-state index is -0.264. The van der Waals surface area contributed by atoms with Gasteiger partial charge in [-0.05, 0) is 13.0 Å². The summed E-state index contributed by atoms with van der Waals surface area (Å²) in [7, 11) is 0. The number of fused-ring (bicyclic) bond motifs is 1. The Kier molecular flexibility index (Phi) is 5.56. The Balaban J connectivity index is 1.79. The molecule has 5 heteroatoms. The molecule has 25 heavy (non-hydrogen) atoms. The lowest BCUT2D eigenvalue weighted by atomic mass is 10.2. The molecular weight excluding hydrogens is 334 g/mol. The summed E-state index contributed by atoms with van der Waals surface area (Å²) in [5.41, 5.74) is 1.68. The SMILES string of the molecule is CCOC(=O)Cn1cc(SCC(=O)c2ccccc2)c2ccccc21. The highest BCUT2D eigenvalue weighted by atomic mass is 32.2. The van der Waals surface area contributed by atoms with Gasteiger partial charge in [0.05, 0.1) is 12.4 Å². The molecule has 0 spiro atoms. The highest BCUT2D eigenvalue weighted by molar-refractivity contribution is 8.00. The summed E-state index contributed by atoms with van der Waals surface area (Å²) in [4.78, 5) is 25.1. The zero-order valence-corrected chi connectivity index (χ0v) is 14.8. The van der Waals surface area contributed by atoms with E-state index < -0.39 is 0 Å². The van der Waals surface area contributed by atoms with Crippen LogP contribution < -0.4 is 0 Å². The van der Waals surface area contributed by atoms with Gasteiger partial charge in [-0.1, -0.05) is 48.5 Å². The first kappa shape index (κ1) is 17.3. The fraction of sp³-hybridized carbons (Fsp3) is 0.200. The molecule has 0 radical (unpaired) electrons. The van der Waals surface area contributed by atoms with Crippen LogP contribution in [0.15, 0.2) is 65.7 Å². The van der Waals surface area contributed by atoms with Gasteiger partial charge in [0, 0.05) is 27.6 Å². The average molecular weight is 353 g/mol. The van der Waals surface area contributed by atoms with Crippen molar-refractivity contribution in [2.75, 3.05) is 12.4 Å². The molecule has 0 amide bonds. The number of hydrogen-bond donors (Lipinski definition) is 0. The molecule has 3 rings (SSSR count). The second kappa shape index (κ2) is 8.03. The molecule has 0 fully saturated rings. The van der Waals surface area contributed by atoms with Crippen LogP contribution in [-0.4, -0.2) is 28.7 Å². The van der Waals surface area contributed by atoms with Crippen LogP contribution in [0, 0.1) is 0 Å². The summed E-state index contributed by atoms with van der Waals surface area (Å²) < 4.78 is 6.92. The van der Waals surface area contributed by atoms with E-state index in [0.717, 1.165) is 15.8 Å². The van der Waals surface area contributed by atoms with Gasteiger partial charge in [-0.2, -0.15) is 0 Å². The van der Waals surface area contributed by atoms with Crippen LogP contribution in [0.25, 0.3) is 10.9 Å². The van der Waals surface area contributed by atoms with Crippen LogP contribution in [0.3, 0.4) is 0 Å². The molecule has 0 aliphatic rings. The number of benzene rings is 2. The zero-order valence-electron chi connectivity index (χ0n) is 14.0. The van der Waals surface area contributed by atoms with E-state index in [4.69, 9.17) is 4.74 Å². The molecule has 128 valence electrons. The quantitative estimate of drug-likeness (QED) is 0.363. The summed E-state index contributed by atoms with van der Waals surface area (Å²) in [6.45, 7) is 2.33. The van der Waals surface area contributed by atoms with E-state index in [2.05, 4.69) is 0 Å². The summed E-state index contributed by atoms with van der Waals surface area (Å²) in [6.07, 6.45) is 1.92. The number of hydrogen-bond acceptors (Lipinski definition) is 4. The van der Waals surface area contributed by atoms with E-state index >= 15 is 0 Å². The number of rotatable bonds is 7. The molecule has 0 aliphatic carbocycles. The molecule has 4 nitrogen and oxygen atoms in total. The first-order valence-electron chi connectivity index (χ1n) is 8.13. The van der Waals surface area contributed by atoms with Crippen LogP contribution in [0.4, 0.5) is 0 Å². The second-order valence-electron chi connectivity index (χ2n) is 5.52. The van der Waals surface area contributed by atoms with Crippen molar-refractivity contribution in [1.82, 2.24) is 4.57 Å².